The van der Waals surface area contributed by atoms with E-state index in [2.05, 4.69) is 43.3 Å². The van der Waals surface area contributed by atoms with E-state index in [9.17, 15) is 5.11 Å². The van der Waals surface area contributed by atoms with E-state index >= 15 is 0 Å². The smallest absolute Gasteiger partial charge is 0.219 e. The van der Waals surface area contributed by atoms with Crippen LogP contribution in [0.1, 0.15) is 41.9 Å². The lowest BCUT2D eigenvalue weighted by atomic mass is 10.1. The normalized spacial score (nSPS) is 10.6. The summed E-state index contributed by atoms with van der Waals surface area (Å²) in [4.78, 5) is 9.76. The van der Waals surface area contributed by atoms with Crippen LogP contribution in [0.3, 0.4) is 0 Å². The van der Waals surface area contributed by atoms with Gasteiger partial charge in [-0.1, -0.05) is 104 Å². The zero-order valence-corrected chi connectivity index (χ0v) is 19.4. The summed E-state index contributed by atoms with van der Waals surface area (Å²) in [7, 11) is 0. The van der Waals surface area contributed by atoms with E-state index in [0.717, 1.165) is 28.1 Å². The molecule has 0 amide bonds. The quantitative estimate of drug-likeness (QED) is 0.338. The van der Waals surface area contributed by atoms with Crippen LogP contribution in [-0.4, -0.2) is 19.5 Å². The molecule has 0 fully saturated rings. The number of aromatic hydroxyl groups is 1. The summed E-state index contributed by atoms with van der Waals surface area (Å²) >= 11 is 0. The summed E-state index contributed by atoms with van der Waals surface area (Å²) in [6.07, 6.45) is 3.09. The lowest BCUT2D eigenvalue weighted by Crippen LogP contribution is -2.00. The first-order chi connectivity index (χ1) is 16.2. The minimum atomic E-state index is 0.171. The fourth-order valence-corrected chi connectivity index (χ4v) is 3.82. The van der Waals surface area contributed by atoms with E-state index < -0.39 is 0 Å². The van der Waals surface area contributed by atoms with Gasteiger partial charge in [0, 0.05) is 24.6 Å². The van der Waals surface area contributed by atoms with Gasteiger partial charge in [-0.3, -0.25) is 4.40 Å². The highest BCUT2D eigenvalue weighted by atomic mass is 16.3. The predicted molar refractivity (Wildman–Crippen MR) is 135 cm³/mol. The van der Waals surface area contributed by atoms with Crippen molar-refractivity contribution in [2.24, 2.45) is 0 Å². The summed E-state index contributed by atoms with van der Waals surface area (Å²) in [5.41, 5.74) is 7.51. The molecule has 5 aromatic rings. The van der Waals surface area contributed by atoms with Crippen LogP contribution in [0.25, 0.3) is 16.9 Å². The third kappa shape index (κ3) is 4.96. The number of hydrogen-bond acceptors (Lipinski definition) is 3. The van der Waals surface area contributed by atoms with Crippen molar-refractivity contribution in [2.75, 3.05) is 0 Å². The third-order valence-electron chi connectivity index (χ3n) is 5.50. The van der Waals surface area contributed by atoms with Gasteiger partial charge in [-0.05, 0) is 18.1 Å². The van der Waals surface area contributed by atoms with Gasteiger partial charge in [-0.25, -0.2) is 9.97 Å². The Balaban J connectivity index is 0.00000126. The van der Waals surface area contributed by atoms with Crippen LogP contribution in [-0.2, 0) is 12.8 Å². The highest BCUT2D eigenvalue weighted by molar-refractivity contribution is 5.63. The summed E-state index contributed by atoms with van der Waals surface area (Å²) in [5, 5.41) is 11.0. The highest BCUT2D eigenvalue weighted by Crippen LogP contribution is 2.28. The molecule has 0 atom stereocenters. The fourth-order valence-electron chi connectivity index (χ4n) is 3.82. The van der Waals surface area contributed by atoms with Gasteiger partial charge in [-0.15, -0.1) is 0 Å². The fraction of sp³-hybridized carbons (Fsp3) is 0.172. The lowest BCUT2D eigenvalue weighted by Gasteiger charge is -2.08. The topological polar surface area (TPSA) is 50.4 Å². The first kappa shape index (κ1) is 22.3. The summed E-state index contributed by atoms with van der Waals surface area (Å²) < 4.78 is 1.77. The number of imidazole rings is 1. The molecule has 2 aromatic heterocycles. The Labute approximate surface area is 195 Å². The Morgan fingerprint density at radius 1 is 0.697 bits per heavy atom. The van der Waals surface area contributed by atoms with Gasteiger partial charge in [0.05, 0.1) is 11.4 Å². The van der Waals surface area contributed by atoms with Crippen molar-refractivity contribution in [1.82, 2.24) is 14.4 Å². The van der Waals surface area contributed by atoms with Gasteiger partial charge in [0.25, 0.3) is 0 Å². The second-order valence-corrected chi connectivity index (χ2v) is 7.84. The second-order valence-electron chi connectivity index (χ2n) is 7.84. The van der Waals surface area contributed by atoms with Crippen LogP contribution in [0.4, 0.5) is 0 Å². The Morgan fingerprint density at radius 2 is 1.27 bits per heavy atom. The summed E-state index contributed by atoms with van der Waals surface area (Å²) in [5.74, 6) is 0.171. The monoisotopic (exact) mass is 435 g/mol. The molecule has 0 bridgehead atoms. The van der Waals surface area contributed by atoms with Crippen LogP contribution >= 0.6 is 0 Å². The Kier molecular flexibility index (Phi) is 6.84. The number of hydrogen-bond donors (Lipinski definition) is 1. The molecule has 0 aliphatic carbocycles. The van der Waals surface area contributed by atoms with Crippen molar-refractivity contribution >= 4 is 5.65 Å². The van der Waals surface area contributed by atoms with Crippen molar-refractivity contribution < 1.29 is 5.11 Å². The molecule has 4 heteroatoms. The molecule has 0 spiro atoms. The van der Waals surface area contributed by atoms with Crippen LogP contribution in [0, 0.1) is 6.92 Å². The van der Waals surface area contributed by atoms with E-state index in [4.69, 9.17) is 9.97 Å². The van der Waals surface area contributed by atoms with Gasteiger partial charge in [0.15, 0.2) is 5.65 Å². The van der Waals surface area contributed by atoms with Crippen molar-refractivity contribution in [3.05, 3.63) is 119 Å². The molecule has 2 heterocycles. The first-order valence-corrected chi connectivity index (χ1v) is 11.4. The Bertz CT molecular complexity index is 1320. The molecule has 166 valence electrons. The van der Waals surface area contributed by atoms with E-state index in [0.29, 0.717) is 24.2 Å². The van der Waals surface area contributed by atoms with Crippen molar-refractivity contribution in [3.63, 3.8) is 0 Å². The molecule has 4 nitrogen and oxygen atoms in total. The van der Waals surface area contributed by atoms with Gasteiger partial charge in [-0.2, -0.15) is 0 Å². The molecule has 0 unspecified atom stereocenters. The summed E-state index contributed by atoms with van der Waals surface area (Å²) in [6, 6.07) is 28.6. The highest BCUT2D eigenvalue weighted by Gasteiger charge is 2.18. The molecule has 0 saturated carbocycles. The molecule has 3 aromatic carbocycles. The van der Waals surface area contributed by atoms with Crippen molar-refractivity contribution in [3.8, 4) is 17.1 Å². The maximum atomic E-state index is 11.0. The van der Waals surface area contributed by atoms with E-state index in [1.165, 1.54) is 5.56 Å². The largest absolute Gasteiger partial charge is 0.493 e. The molecule has 0 aliphatic heterocycles. The van der Waals surface area contributed by atoms with E-state index in [1.54, 1.807) is 4.40 Å². The van der Waals surface area contributed by atoms with Gasteiger partial charge in [0.1, 0.15) is 5.69 Å². The molecular weight excluding hydrogens is 406 g/mol. The SMILES string of the molecule is CC.Cc1ccc(Cc2nc3c(Cc4ccccc4)nc(-c4ccccc4)cn3c2O)cc1. The number of rotatable bonds is 5. The minimum absolute atomic E-state index is 0.171. The van der Waals surface area contributed by atoms with Crippen molar-refractivity contribution in [1.29, 1.82) is 0 Å². The standard InChI is InChI=1S/C27H23N3O.C2H6/c1-19-12-14-21(15-13-19)17-24-27(31)30-18-25(22-10-6-3-7-11-22)28-23(26(30)29-24)16-20-8-4-2-5-9-20;1-2/h2-15,18,31H,16-17H2,1H3;1-2H3. The van der Waals surface area contributed by atoms with E-state index in [-0.39, 0.29) is 5.88 Å². The number of fused-ring (bicyclic) bond motifs is 1. The second kappa shape index (κ2) is 10.1. The number of nitrogens with zero attached hydrogens (tertiary/aromatic N) is 3. The van der Waals surface area contributed by atoms with E-state index in [1.807, 2.05) is 68.6 Å². The van der Waals surface area contributed by atoms with Gasteiger partial charge in [0.2, 0.25) is 5.88 Å². The minimum Gasteiger partial charge on any atom is -0.493 e. The first-order valence-electron chi connectivity index (χ1n) is 11.4. The molecular formula is C29H29N3O. The summed E-state index contributed by atoms with van der Waals surface area (Å²) in [6.45, 7) is 6.07. The van der Waals surface area contributed by atoms with Gasteiger partial charge >= 0.3 is 0 Å². The molecule has 33 heavy (non-hydrogen) atoms. The van der Waals surface area contributed by atoms with Crippen LogP contribution in [0.15, 0.2) is 91.1 Å². The maximum absolute atomic E-state index is 11.0. The average Bonchev–Trinajstić information content (AvgIpc) is 3.18. The average molecular weight is 436 g/mol. The molecule has 5 rings (SSSR count). The zero-order chi connectivity index (χ0) is 23.2. The lowest BCUT2D eigenvalue weighted by molar-refractivity contribution is 0.442. The van der Waals surface area contributed by atoms with Crippen LogP contribution in [0.5, 0.6) is 5.88 Å². The van der Waals surface area contributed by atoms with Crippen LogP contribution in [0.2, 0.25) is 0 Å². The maximum Gasteiger partial charge on any atom is 0.219 e. The van der Waals surface area contributed by atoms with Crippen LogP contribution < -0.4 is 0 Å². The Hall–Kier alpha value is -3.92. The number of aromatic nitrogens is 3. The molecule has 0 radical (unpaired) electrons. The number of benzene rings is 3. The molecule has 0 aliphatic rings. The van der Waals surface area contributed by atoms with Gasteiger partial charge < -0.3 is 5.11 Å². The Morgan fingerprint density at radius 3 is 1.94 bits per heavy atom. The number of aryl methyl sites for hydroxylation is 1. The third-order valence-corrected chi connectivity index (χ3v) is 5.50. The zero-order valence-electron chi connectivity index (χ0n) is 19.4. The predicted octanol–water partition coefficient (Wildman–Crippen LogP) is 6.62. The van der Waals surface area contributed by atoms with Crippen molar-refractivity contribution in [2.45, 2.75) is 33.6 Å². The molecule has 0 saturated heterocycles. The molecule has 1 N–H and O–H groups in total.